The first kappa shape index (κ1) is 15.3. The summed E-state index contributed by atoms with van der Waals surface area (Å²) in [6, 6.07) is 6.76. The SMILES string of the molecule is N#Cc1cc(Br)ccc1NC(=O)N1CCC(CC(=O)O)C1. The van der Waals surface area contributed by atoms with Gasteiger partial charge >= 0.3 is 12.0 Å². The van der Waals surface area contributed by atoms with Crippen LogP contribution in [0.3, 0.4) is 0 Å². The molecule has 0 bridgehead atoms. The predicted molar refractivity (Wildman–Crippen MR) is 79.8 cm³/mol. The lowest BCUT2D eigenvalue weighted by Crippen LogP contribution is -2.33. The summed E-state index contributed by atoms with van der Waals surface area (Å²) >= 11 is 3.27. The number of carbonyl (C=O) groups is 2. The number of hydrogen-bond acceptors (Lipinski definition) is 3. The first-order chi connectivity index (χ1) is 9.99. The molecule has 2 rings (SSSR count). The Kier molecular flexibility index (Phi) is 4.81. The van der Waals surface area contributed by atoms with Crippen molar-refractivity contribution in [3.8, 4) is 6.07 Å². The zero-order valence-corrected chi connectivity index (χ0v) is 12.8. The number of anilines is 1. The van der Waals surface area contributed by atoms with E-state index in [0.717, 1.165) is 4.47 Å². The van der Waals surface area contributed by atoms with Gasteiger partial charge in [0.1, 0.15) is 6.07 Å². The van der Waals surface area contributed by atoms with E-state index in [0.29, 0.717) is 30.8 Å². The van der Waals surface area contributed by atoms with Crippen LogP contribution >= 0.6 is 15.9 Å². The van der Waals surface area contributed by atoms with Gasteiger partial charge in [0, 0.05) is 24.0 Å². The van der Waals surface area contributed by atoms with E-state index in [2.05, 4.69) is 21.2 Å². The minimum absolute atomic E-state index is 0.00592. The van der Waals surface area contributed by atoms with Gasteiger partial charge in [0.15, 0.2) is 0 Å². The van der Waals surface area contributed by atoms with Crippen LogP contribution in [0.4, 0.5) is 10.5 Å². The molecule has 0 radical (unpaired) electrons. The number of benzene rings is 1. The molecular weight excluding hydrogens is 338 g/mol. The summed E-state index contributed by atoms with van der Waals surface area (Å²) in [6.45, 7) is 0.957. The highest BCUT2D eigenvalue weighted by Crippen LogP contribution is 2.23. The Hall–Kier alpha value is -2.07. The largest absolute Gasteiger partial charge is 0.481 e. The summed E-state index contributed by atoms with van der Waals surface area (Å²) in [5, 5.41) is 20.5. The van der Waals surface area contributed by atoms with Crippen molar-refractivity contribution in [2.75, 3.05) is 18.4 Å². The standard InChI is InChI=1S/C14H14BrN3O3/c15-11-1-2-12(10(6-11)7-16)17-14(21)18-4-3-9(8-18)5-13(19)20/h1-2,6,9H,3-5,8H2,(H,17,21)(H,19,20). The van der Waals surface area contributed by atoms with Crippen molar-refractivity contribution in [2.24, 2.45) is 5.92 Å². The Balaban J connectivity index is 2.00. The highest BCUT2D eigenvalue weighted by molar-refractivity contribution is 9.10. The fourth-order valence-electron chi connectivity index (χ4n) is 2.34. The second-order valence-electron chi connectivity index (χ2n) is 4.93. The molecule has 1 unspecified atom stereocenters. The Labute approximate surface area is 130 Å². The average molecular weight is 352 g/mol. The molecule has 0 saturated carbocycles. The minimum Gasteiger partial charge on any atom is -0.481 e. The number of nitrogens with zero attached hydrogens (tertiary/aromatic N) is 2. The second kappa shape index (κ2) is 6.59. The van der Waals surface area contributed by atoms with E-state index in [1.165, 1.54) is 0 Å². The normalized spacial score (nSPS) is 17.3. The third-order valence-corrected chi connectivity index (χ3v) is 3.87. The number of aliphatic carboxylic acids is 1. The van der Waals surface area contributed by atoms with E-state index >= 15 is 0 Å². The van der Waals surface area contributed by atoms with Gasteiger partial charge in [0.25, 0.3) is 0 Å². The zero-order valence-electron chi connectivity index (χ0n) is 11.2. The zero-order chi connectivity index (χ0) is 15.4. The summed E-state index contributed by atoms with van der Waals surface area (Å²) in [7, 11) is 0. The molecule has 1 aliphatic rings. The molecule has 1 aliphatic heterocycles. The first-order valence-electron chi connectivity index (χ1n) is 6.47. The summed E-state index contributed by atoms with van der Waals surface area (Å²) in [4.78, 5) is 24.4. The van der Waals surface area contributed by atoms with Gasteiger partial charge in [-0.15, -0.1) is 0 Å². The Morgan fingerprint density at radius 3 is 2.95 bits per heavy atom. The Bertz CT molecular complexity index is 612. The molecule has 6 nitrogen and oxygen atoms in total. The second-order valence-corrected chi connectivity index (χ2v) is 5.85. The van der Waals surface area contributed by atoms with Crippen molar-refractivity contribution in [3.05, 3.63) is 28.2 Å². The molecule has 2 N–H and O–H groups in total. The molecular formula is C14H14BrN3O3. The fraction of sp³-hybridized carbons (Fsp3) is 0.357. The number of urea groups is 1. The first-order valence-corrected chi connectivity index (χ1v) is 7.26. The lowest BCUT2D eigenvalue weighted by molar-refractivity contribution is -0.138. The molecule has 1 aromatic rings. The Morgan fingerprint density at radius 1 is 1.52 bits per heavy atom. The van der Waals surface area contributed by atoms with Crippen LogP contribution in [-0.2, 0) is 4.79 Å². The van der Waals surface area contributed by atoms with E-state index in [4.69, 9.17) is 10.4 Å². The van der Waals surface area contributed by atoms with Crippen molar-refractivity contribution < 1.29 is 14.7 Å². The van der Waals surface area contributed by atoms with Crippen LogP contribution < -0.4 is 5.32 Å². The molecule has 21 heavy (non-hydrogen) atoms. The molecule has 1 saturated heterocycles. The lowest BCUT2D eigenvalue weighted by atomic mass is 10.1. The summed E-state index contributed by atoms with van der Waals surface area (Å²) < 4.78 is 0.764. The highest BCUT2D eigenvalue weighted by atomic mass is 79.9. The van der Waals surface area contributed by atoms with Gasteiger partial charge in [-0.25, -0.2) is 4.79 Å². The van der Waals surface area contributed by atoms with Crippen molar-refractivity contribution in [3.63, 3.8) is 0 Å². The van der Waals surface area contributed by atoms with Crippen LogP contribution in [0, 0.1) is 17.2 Å². The highest BCUT2D eigenvalue weighted by Gasteiger charge is 2.28. The number of carboxylic acid groups (broad SMARTS) is 1. The van der Waals surface area contributed by atoms with Gasteiger partial charge < -0.3 is 15.3 Å². The molecule has 0 aromatic heterocycles. The Morgan fingerprint density at radius 2 is 2.29 bits per heavy atom. The van der Waals surface area contributed by atoms with Crippen molar-refractivity contribution in [2.45, 2.75) is 12.8 Å². The average Bonchev–Trinajstić information content (AvgIpc) is 2.88. The number of halogens is 1. The quantitative estimate of drug-likeness (QED) is 0.875. The maximum atomic E-state index is 12.1. The van der Waals surface area contributed by atoms with Gasteiger partial charge in [0.05, 0.1) is 11.3 Å². The topological polar surface area (TPSA) is 93.4 Å². The van der Waals surface area contributed by atoms with Gasteiger partial charge in [-0.1, -0.05) is 15.9 Å². The number of carboxylic acids is 1. The maximum absolute atomic E-state index is 12.1. The molecule has 110 valence electrons. The minimum atomic E-state index is -0.845. The maximum Gasteiger partial charge on any atom is 0.321 e. The van der Waals surface area contributed by atoms with Crippen molar-refractivity contribution in [1.29, 1.82) is 5.26 Å². The molecule has 7 heteroatoms. The monoisotopic (exact) mass is 351 g/mol. The number of likely N-dealkylation sites (tertiary alicyclic amines) is 1. The molecule has 0 aliphatic carbocycles. The van der Waals surface area contributed by atoms with E-state index in [1.54, 1.807) is 23.1 Å². The van der Waals surface area contributed by atoms with Gasteiger partial charge in [-0.3, -0.25) is 4.79 Å². The van der Waals surface area contributed by atoms with E-state index in [1.807, 2.05) is 6.07 Å². The van der Waals surface area contributed by atoms with E-state index in [-0.39, 0.29) is 18.4 Å². The van der Waals surface area contributed by atoms with E-state index < -0.39 is 5.97 Å². The summed E-state index contributed by atoms with van der Waals surface area (Å²) in [5.41, 5.74) is 0.825. The summed E-state index contributed by atoms with van der Waals surface area (Å²) in [6.07, 6.45) is 0.761. The van der Waals surface area contributed by atoms with Crippen LogP contribution in [0.1, 0.15) is 18.4 Å². The number of nitrogens with one attached hydrogen (secondary N) is 1. The number of rotatable bonds is 3. The van der Waals surface area contributed by atoms with Crippen LogP contribution in [0.15, 0.2) is 22.7 Å². The molecule has 1 aromatic carbocycles. The van der Waals surface area contributed by atoms with Gasteiger partial charge in [-0.2, -0.15) is 5.26 Å². The molecule has 1 heterocycles. The molecule has 1 fully saturated rings. The molecule has 1 atom stereocenters. The molecule has 2 amide bonds. The summed E-state index contributed by atoms with van der Waals surface area (Å²) in [5.74, 6) is -0.851. The number of carbonyl (C=O) groups excluding carboxylic acids is 1. The van der Waals surface area contributed by atoms with Crippen LogP contribution in [0.5, 0.6) is 0 Å². The van der Waals surface area contributed by atoms with Crippen LogP contribution in [0.25, 0.3) is 0 Å². The number of amides is 2. The van der Waals surface area contributed by atoms with Gasteiger partial charge in [-0.05, 0) is 30.5 Å². The predicted octanol–water partition coefficient (Wildman–Crippen LogP) is 2.65. The van der Waals surface area contributed by atoms with Gasteiger partial charge in [0.2, 0.25) is 0 Å². The molecule has 0 spiro atoms. The fourth-order valence-corrected chi connectivity index (χ4v) is 2.70. The lowest BCUT2D eigenvalue weighted by Gasteiger charge is -2.17. The number of nitriles is 1. The number of hydrogen-bond donors (Lipinski definition) is 2. The van der Waals surface area contributed by atoms with E-state index in [9.17, 15) is 9.59 Å². The smallest absolute Gasteiger partial charge is 0.321 e. The van der Waals surface area contributed by atoms with Crippen molar-refractivity contribution >= 4 is 33.6 Å². The van der Waals surface area contributed by atoms with Crippen LogP contribution in [0.2, 0.25) is 0 Å². The third kappa shape index (κ3) is 3.95. The van der Waals surface area contributed by atoms with Crippen molar-refractivity contribution in [1.82, 2.24) is 4.90 Å². The van der Waals surface area contributed by atoms with Crippen LogP contribution in [-0.4, -0.2) is 35.1 Å². The third-order valence-electron chi connectivity index (χ3n) is 3.38.